The molecule has 18 rings (SSSR count). The Balaban J connectivity index is 1.03. The van der Waals surface area contributed by atoms with Gasteiger partial charge in [0.05, 0.1) is 134 Å². The Bertz CT molecular complexity index is 6420. The first-order valence-corrected chi connectivity index (χ1v) is 49.0. The molecule has 9 heterocycles. The summed E-state index contributed by atoms with van der Waals surface area (Å²) in [5.74, 6) is -3.53. The molecule has 3 aliphatic heterocycles. The Kier molecular flexibility index (Phi) is 28.6. The standard InChI is InChI=1S/C105H90Cl9N6O16P/c1-100(2)128-61-70(131-100)58-125-97-88-82(121)46-85(118(94(88)79(112)55-115-97)91-73(106)40-25-41-74(91)107)103(49-64-28-13-7-14-29-64,50-65-30-15-8-16-31-65)134-137(124,135-104(51-66-32-17-9-18-33-66,52-67-34-19-10-20-35-67)86-47-83(122)89-95(119(86)92-75(108)42-26-43-76(92)109)80(113)56-116-98(89)126-59-71-62-129-101(3,4)132-71)136-105(53-68-36-21-11-22-37-68,54-69-38-23-12-24-39-69)87-48-84(123)90-96(120(87)93-77(110)44-27-45-78(93)111)81(114)57-117-99(90)127-60-72-63-130-102(5,6)133-72/h7-48,55-57,70-72H,49-54,58-63H2,1-6H3. The molecule has 3 fully saturated rings. The van der Waals surface area contributed by atoms with E-state index in [2.05, 4.69) is 0 Å². The monoisotopic (exact) mass is 2040 g/mol. The highest BCUT2D eigenvalue weighted by Crippen LogP contribution is 2.66. The fraction of sp³-hybridized carbons (Fsp3) is 0.257. The summed E-state index contributed by atoms with van der Waals surface area (Å²) < 4.78 is 109. The van der Waals surface area contributed by atoms with Crippen LogP contribution in [-0.4, -0.2) is 104 Å². The van der Waals surface area contributed by atoms with E-state index in [0.29, 0.717) is 33.4 Å². The first-order chi connectivity index (χ1) is 65.8. The molecule has 0 N–H and O–H groups in total. The van der Waals surface area contributed by atoms with Crippen molar-refractivity contribution in [2.24, 2.45) is 0 Å². The zero-order chi connectivity index (χ0) is 95.9. The molecule has 3 aliphatic rings. The number of para-hydroxylation sites is 3. The van der Waals surface area contributed by atoms with Gasteiger partial charge in [0, 0.05) is 56.7 Å². The minimum atomic E-state index is -6.53. The number of pyridine rings is 6. The van der Waals surface area contributed by atoms with Crippen molar-refractivity contribution in [3.63, 3.8) is 0 Å². The van der Waals surface area contributed by atoms with Crippen LogP contribution in [-0.2, 0) is 102 Å². The maximum atomic E-state index is 21.1. The van der Waals surface area contributed by atoms with Crippen molar-refractivity contribution < 1.29 is 60.8 Å². The Morgan fingerprint density at radius 1 is 0.321 bits per heavy atom. The number of phosphoric ester groups is 1. The van der Waals surface area contributed by atoms with Crippen LogP contribution in [0.3, 0.4) is 0 Å². The summed E-state index contributed by atoms with van der Waals surface area (Å²) in [5, 5.41) is -0.870. The zero-order valence-corrected chi connectivity index (χ0v) is 82.5. The number of ether oxygens (including phenoxy) is 9. The van der Waals surface area contributed by atoms with Gasteiger partial charge < -0.3 is 56.3 Å². The second-order valence-electron chi connectivity index (χ2n) is 35.3. The molecule has 32 heteroatoms. The van der Waals surface area contributed by atoms with Crippen LogP contribution < -0.4 is 30.5 Å². The summed E-state index contributed by atoms with van der Waals surface area (Å²) in [7, 11) is -6.53. The van der Waals surface area contributed by atoms with Gasteiger partial charge in [0.1, 0.15) is 71.1 Å². The van der Waals surface area contributed by atoms with Gasteiger partial charge in [-0.15, -0.1) is 0 Å². The van der Waals surface area contributed by atoms with Gasteiger partial charge >= 0.3 is 7.82 Å². The number of aromatic nitrogens is 6. The van der Waals surface area contributed by atoms with Gasteiger partial charge in [0.25, 0.3) is 0 Å². The van der Waals surface area contributed by atoms with Gasteiger partial charge in [-0.3, -0.25) is 28.0 Å². The van der Waals surface area contributed by atoms with Crippen molar-refractivity contribution in [2.45, 2.75) is 133 Å². The van der Waals surface area contributed by atoms with Crippen LogP contribution in [0.2, 0.25) is 45.2 Å². The third-order valence-electron chi connectivity index (χ3n) is 24.0. The van der Waals surface area contributed by atoms with Crippen molar-refractivity contribution in [3.05, 3.63) is 400 Å². The smallest absolute Gasteiger partial charge is 0.474 e. The predicted octanol–water partition coefficient (Wildman–Crippen LogP) is 24.9. The molecule has 3 atom stereocenters. The highest BCUT2D eigenvalue weighted by molar-refractivity contribution is 7.48. The van der Waals surface area contributed by atoms with Crippen LogP contribution in [0.1, 0.15) is 92.0 Å². The van der Waals surface area contributed by atoms with Crippen LogP contribution in [0, 0.1) is 0 Å². The van der Waals surface area contributed by atoms with E-state index in [0.717, 1.165) is 0 Å². The molecule has 15 aromatic rings. The summed E-state index contributed by atoms with van der Waals surface area (Å²) in [5.41, 5.74) is -7.45. The molecule has 0 radical (unpaired) electrons. The number of halogens is 9. The van der Waals surface area contributed by atoms with Crippen LogP contribution >= 0.6 is 112 Å². The number of rotatable bonds is 33. The number of nitrogens with zero attached hydrogens (tertiary/aromatic N) is 6. The van der Waals surface area contributed by atoms with E-state index in [-0.39, 0.29) is 169 Å². The highest BCUT2D eigenvalue weighted by Gasteiger charge is 2.57. The molecule has 3 unspecified atom stereocenters. The van der Waals surface area contributed by atoms with Gasteiger partial charge in [0.15, 0.2) is 33.6 Å². The van der Waals surface area contributed by atoms with E-state index in [1.54, 1.807) is 110 Å². The molecule has 0 bridgehead atoms. The second kappa shape index (κ2) is 40.3. The van der Waals surface area contributed by atoms with Gasteiger partial charge in [0.2, 0.25) is 17.6 Å². The highest BCUT2D eigenvalue weighted by atomic mass is 35.5. The summed E-state index contributed by atoms with van der Waals surface area (Å²) in [4.78, 5) is 65.2. The van der Waals surface area contributed by atoms with Crippen molar-refractivity contribution in [3.8, 4) is 34.7 Å². The third-order valence-corrected chi connectivity index (χ3v) is 28.4. The Morgan fingerprint density at radius 3 is 0.730 bits per heavy atom. The number of hydrogen-bond donors (Lipinski definition) is 0. The minimum Gasteiger partial charge on any atom is -0.474 e. The molecular weight excluding hydrogens is 1950 g/mol. The van der Waals surface area contributed by atoms with Crippen molar-refractivity contribution in [2.75, 3.05) is 39.6 Å². The topological polar surface area (TPSA) is 232 Å². The lowest BCUT2D eigenvalue weighted by Crippen LogP contribution is -2.45. The summed E-state index contributed by atoms with van der Waals surface area (Å²) in [6.45, 7) is 10.5. The lowest BCUT2D eigenvalue weighted by molar-refractivity contribution is -0.141. The molecule has 6 aromatic heterocycles. The predicted molar refractivity (Wildman–Crippen MR) is 535 cm³/mol. The van der Waals surface area contributed by atoms with E-state index in [1.165, 1.54) is 36.8 Å². The van der Waals surface area contributed by atoms with E-state index in [1.807, 2.05) is 182 Å². The summed E-state index contributed by atoms with van der Waals surface area (Å²) in [6.07, 6.45) is -0.406. The van der Waals surface area contributed by atoms with Crippen molar-refractivity contribution in [1.29, 1.82) is 0 Å². The van der Waals surface area contributed by atoms with Crippen LogP contribution in [0.5, 0.6) is 17.6 Å². The normalized spacial score (nSPS) is 16.9. The molecule has 0 aliphatic carbocycles. The Hall–Kier alpha value is -10.1. The first kappa shape index (κ1) is 97.2. The van der Waals surface area contributed by atoms with Gasteiger partial charge in [-0.25, -0.2) is 19.5 Å². The molecule has 9 aromatic carbocycles. The number of fused-ring (bicyclic) bond motifs is 3. The molecule has 0 saturated carbocycles. The molecule has 0 spiro atoms. The molecule has 704 valence electrons. The van der Waals surface area contributed by atoms with Gasteiger partial charge in [-0.05, 0) is 111 Å². The second-order valence-corrected chi connectivity index (χ2v) is 40.4. The fourth-order valence-electron chi connectivity index (χ4n) is 18.4. The van der Waals surface area contributed by atoms with E-state index in [4.69, 9.17) is 176 Å². The maximum absolute atomic E-state index is 21.1. The van der Waals surface area contributed by atoms with E-state index < -0.39 is 115 Å². The Labute approximate surface area is 834 Å². The molecule has 137 heavy (non-hydrogen) atoms. The molecule has 22 nitrogen and oxygen atoms in total. The van der Waals surface area contributed by atoms with Crippen molar-refractivity contribution >= 4 is 145 Å². The Morgan fingerprint density at radius 2 is 0.533 bits per heavy atom. The quantitative estimate of drug-likeness (QED) is 0.0348. The molecule has 0 amide bonds. The minimum absolute atomic E-state index is 0.00999. The van der Waals surface area contributed by atoms with E-state index in [9.17, 15) is 0 Å². The number of benzene rings is 9. The first-order valence-electron chi connectivity index (χ1n) is 44.1. The number of phosphoric acid groups is 1. The lowest BCUT2D eigenvalue weighted by atomic mass is 9.84. The van der Waals surface area contributed by atoms with Crippen LogP contribution in [0.15, 0.2) is 288 Å². The summed E-state index contributed by atoms with van der Waals surface area (Å²) >= 11 is 70.3. The van der Waals surface area contributed by atoms with Gasteiger partial charge in [-0.1, -0.05) is 305 Å². The number of hydrogen-bond acceptors (Lipinski definition) is 19. The largest absolute Gasteiger partial charge is 0.477 e. The maximum Gasteiger partial charge on any atom is 0.477 e. The van der Waals surface area contributed by atoms with E-state index >= 15 is 18.9 Å². The van der Waals surface area contributed by atoms with Crippen molar-refractivity contribution in [1.82, 2.24) is 28.7 Å². The van der Waals surface area contributed by atoms with Crippen LogP contribution in [0.4, 0.5) is 0 Å². The SMILES string of the molecule is CC1(C)OCC(COc2ncc(Cl)c3c2c(=O)cc(C(Cc2ccccc2)(Cc2ccccc2)OP(=O)(OC(Cc2ccccc2)(Cc2ccccc2)c2cc(=O)c4c(OCC5COC(C)(C)O5)ncc(Cl)c4n2-c2c(Cl)cccc2Cl)OC(Cc2ccccc2)(Cc2ccccc2)c2cc(=O)c4c(OCC5COC(C)(C)O5)ncc(Cl)c4n2-c2c(Cl)cccc2Cl)n3-c2c(Cl)cccc2Cl)O1. The zero-order valence-electron chi connectivity index (χ0n) is 74.8. The third kappa shape index (κ3) is 20.8. The molecular formula is C105H90Cl9N6O16P. The average Bonchev–Trinajstić information content (AvgIpc) is 0.834. The van der Waals surface area contributed by atoms with Crippen LogP contribution in [0.25, 0.3) is 49.8 Å². The molecule has 3 saturated heterocycles. The summed E-state index contributed by atoms with van der Waals surface area (Å²) in [6, 6.07) is 73.3. The fourth-order valence-corrected chi connectivity index (χ4v) is 22.8. The lowest BCUT2D eigenvalue weighted by Gasteiger charge is -2.46. The van der Waals surface area contributed by atoms with Gasteiger partial charge in [-0.2, -0.15) is 0 Å². The average molecular weight is 2040 g/mol.